The molecule has 0 aliphatic rings. The van der Waals surface area contributed by atoms with Gasteiger partial charge in [-0.2, -0.15) is 52.7 Å². The first-order valence-electron chi connectivity index (χ1n) is 9.11. The number of carboxylic acid groups (broad SMARTS) is 1. The summed E-state index contributed by atoms with van der Waals surface area (Å²) in [6.07, 6.45) is -22.9. The maximum absolute atomic E-state index is 13.7. The average molecular weight is 528 g/mol. The molecule has 0 saturated carbocycles. The molecule has 1 atom stereocenters. The van der Waals surface area contributed by atoms with Crippen molar-refractivity contribution in [3.63, 3.8) is 0 Å². The van der Waals surface area contributed by atoms with Crippen LogP contribution in [0, 0.1) is 0 Å². The third-order valence-electron chi connectivity index (χ3n) is 4.46. The number of ether oxygens (including phenoxy) is 1. The number of hydrogen-bond acceptors (Lipinski definition) is 2. The highest BCUT2D eigenvalue weighted by atomic mass is 19.4. The van der Waals surface area contributed by atoms with E-state index in [0.717, 1.165) is 0 Å². The number of halogens is 12. The Morgan fingerprint density at radius 1 is 0.800 bits per heavy atom. The number of benzene rings is 2. The third kappa shape index (κ3) is 7.68. The van der Waals surface area contributed by atoms with Crippen LogP contribution in [0.3, 0.4) is 0 Å². The first-order chi connectivity index (χ1) is 15.7. The van der Waals surface area contributed by atoms with Crippen LogP contribution in [0.15, 0.2) is 36.4 Å². The molecule has 0 aliphatic carbocycles. The second-order valence-corrected chi connectivity index (χ2v) is 7.13. The molecule has 0 amide bonds. The van der Waals surface area contributed by atoms with Crippen LogP contribution in [0.25, 0.3) is 11.1 Å². The van der Waals surface area contributed by atoms with Gasteiger partial charge in [0.15, 0.2) is 6.61 Å². The molecule has 0 aliphatic heterocycles. The van der Waals surface area contributed by atoms with Crippen LogP contribution >= 0.6 is 0 Å². The summed E-state index contributed by atoms with van der Waals surface area (Å²) in [6.45, 7) is -2.28. The Hall–Kier alpha value is -3.13. The highest BCUT2D eigenvalue weighted by Gasteiger charge is 2.42. The summed E-state index contributed by atoms with van der Waals surface area (Å²) < 4.78 is 160. The Kier molecular flexibility index (Phi) is 7.62. The van der Waals surface area contributed by atoms with Crippen molar-refractivity contribution < 1.29 is 67.3 Å². The van der Waals surface area contributed by atoms with Crippen molar-refractivity contribution in [2.75, 3.05) is 6.61 Å². The molecule has 0 aromatic heterocycles. The fourth-order valence-corrected chi connectivity index (χ4v) is 3.00. The molecule has 0 spiro atoms. The Morgan fingerprint density at radius 2 is 1.34 bits per heavy atom. The minimum atomic E-state index is -5.54. The maximum atomic E-state index is 13.7. The molecule has 15 heteroatoms. The topological polar surface area (TPSA) is 46.5 Å². The SMILES string of the molecule is O=C(O)C(CC(F)(F)F)c1cc(-c2ccc(C(F)(F)F)cc2)c(OCC(F)(F)F)c(C(F)(F)F)c1. The molecule has 35 heavy (non-hydrogen) atoms. The molecular formula is C20H12F12O3. The van der Waals surface area contributed by atoms with Gasteiger partial charge >= 0.3 is 30.7 Å². The van der Waals surface area contributed by atoms with Crippen molar-refractivity contribution in [1.29, 1.82) is 0 Å². The van der Waals surface area contributed by atoms with E-state index in [9.17, 15) is 57.5 Å². The molecule has 1 unspecified atom stereocenters. The van der Waals surface area contributed by atoms with Crippen LogP contribution in [0.4, 0.5) is 52.7 Å². The molecule has 0 bridgehead atoms. The first-order valence-corrected chi connectivity index (χ1v) is 9.11. The van der Waals surface area contributed by atoms with Crippen molar-refractivity contribution in [2.45, 2.75) is 37.0 Å². The lowest BCUT2D eigenvalue weighted by molar-refractivity contribution is -0.159. The number of alkyl halides is 12. The Morgan fingerprint density at radius 3 is 1.74 bits per heavy atom. The van der Waals surface area contributed by atoms with E-state index in [2.05, 4.69) is 4.74 Å². The van der Waals surface area contributed by atoms with E-state index in [1.54, 1.807) is 0 Å². The molecule has 0 saturated heterocycles. The number of rotatable bonds is 6. The highest BCUT2D eigenvalue weighted by molar-refractivity contribution is 5.80. The minimum Gasteiger partial charge on any atom is -0.483 e. The first kappa shape index (κ1) is 28.1. The zero-order valence-electron chi connectivity index (χ0n) is 16.8. The molecule has 0 radical (unpaired) electrons. The summed E-state index contributed by atoms with van der Waals surface area (Å²) in [5, 5.41) is 9.16. The second kappa shape index (κ2) is 9.49. The zero-order chi connectivity index (χ0) is 27.0. The smallest absolute Gasteiger partial charge is 0.422 e. The van der Waals surface area contributed by atoms with E-state index in [-0.39, 0.29) is 6.07 Å². The summed E-state index contributed by atoms with van der Waals surface area (Å²) in [7, 11) is 0. The largest absolute Gasteiger partial charge is 0.483 e. The molecule has 3 nitrogen and oxygen atoms in total. The lowest BCUT2D eigenvalue weighted by Crippen LogP contribution is -2.23. The summed E-state index contributed by atoms with van der Waals surface area (Å²) >= 11 is 0. The summed E-state index contributed by atoms with van der Waals surface area (Å²) in [5.74, 6) is -6.35. The third-order valence-corrected chi connectivity index (χ3v) is 4.46. The van der Waals surface area contributed by atoms with Crippen LogP contribution in [0.2, 0.25) is 0 Å². The van der Waals surface area contributed by atoms with E-state index in [4.69, 9.17) is 5.11 Å². The summed E-state index contributed by atoms with van der Waals surface area (Å²) in [5.41, 5.74) is -6.01. The second-order valence-electron chi connectivity index (χ2n) is 7.13. The van der Waals surface area contributed by atoms with Gasteiger partial charge < -0.3 is 9.84 Å². The van der Waals surface area contributed by atoms with Crippen molar-refractivity contribution in [1.82, 2.24) is 0 Å². The van der Waals surface area contributed by atoms with Crippen LogP contribution in [0.1, 0.15) is 29.0 Å². The van der Waals surface area contributed by atoms with E-state index < -0.39 is 83.2 Å². The summed E-state index contributed by atoms with van der Waals surface area (Å²) in [4.78, 5) is 11.4. The van der Waals surface area contributed by atoms with Gasteiger partial charge in [-0.3, -0.25) is 4.79 Å². The number of carbonyl (C=O) groups is 1. The molecule has 0 heterocycles. The lowest BCUT2D eigenvalue weighted by Gasteiger charge is -2.23. The molecular weight excluding hydrogens is 516 g/mol. The van der Waals surface area contributed by atoms with E-state index in [0.29, 0.717) is 30.3 Å². The van der Waals surface area contributed by atoms with Gasteiger partial charge in [0.1, 0.15) is 5.75 Å². The van der Waals surface area contributed by atoms with Crippen molar-refractivity contribution in [3.8, 4) is 16.9 Å². The average Bonchev–Trinajstić information content (AvgIpc) is 2.67. The number of aliphatic carboxylic acids is 1. The Bertz CT molecular complexity index is 1050. The van der Waals surface area contributed by atoms with Gasteiger partial charge in [0.25, 0.3) is 0 Å². The molecule has 0 fully saturated rings. The predicted octanol–water partition coefficient (Wildman–Crippen LogP) is 7.45. The van der Waals surface area contributed by atoms with Crippen LogP contribution in [-0.2, 0) is 17.1 Å². The van der Waals surface area contributed by atoms with Crippen molar-refractivity contribution in [3.05, 3.63) is 53.1 Å². The normalized spacial score (nSPS) is 14.1. The van der Waals surface area contributed by atoms with Gasteiger partial charge in [0.05, 0.1) is 23.5 Å². The van der Waals surface area contributed by atoms with Crippen LogP contribution in [-0.4, -0.2) is 30.0 Å². The van der Waals surface area contributed by atoms with Crippen LogP contribution in [0.5, 0.6) is 5.75 Å². The maximum Gasteiger partial charge on any atom is 0.422 e. The minimum absolute atomic E-state index is 0.0934. The molecule has 1 N–H and O–H groups in total. The Balaban J connectivity index is 2.84. The number of carboxylic acids is 1. The molecule has 2 aromatic carbocycles. The van der Waals surface area contributed by atoms with Crippen molar-refractivity contribution in [2.24, 2.45) is 0 Å². The van der Waals surface area contributed by atoms with Gasteiger partial charge in [-0.1, -0.05) is 12.1 Å². The van der Waals surface area contributed by atoms with Gasteiger partial charge in [0, 0.05) is 5.56 Å². The summed E-state index contributed by atoms with van der Waals surface area (Å²) in [6, 6.07) is 2.17. The van der Waals surface area contributed by atoms with Crippen LogP contribution < -0.4 is 4.74 Å². The molecule has 2 aromatic rings. The molecule has 194 valence electrons. The van der Waals surface area contributed by atoms with Gasteiger partial charge in [-0.25, -0.2) is 0 Å². The fraction of sp³-hybridized carbons (Fsp3) is 0.350. The van der Waals surface area contributed by atoms with Gasteiger partial charge in [-0.05, 0) is 35.4 Å². The van der Waals surface area contributed by atoms with Gasteiger partial charge in [-0.15, -0.1) is 0 Å². The standard InChI is InChI=1S/C20H12F12O3/c21-17(22,23)7-13(16(33)34)10-5-12(9-1-3-11(4-2-9)19(27,28)29)15(35-8-18(24,25)26)14(6-10)20(30,31)32/h1-6,13H,7-8H2,(H,33,34). The van der Waals surface area contributed by atoms with Crippen molar-refractivity contribution >= 4 is 5.97 Å². The highest BCUT2D eigenvalue weighted by Crippen LogP contribution is 2.46. The zero-order valence-corrected chi connectivity index (χ0v) is 16.8. The van der Waals surface area contributed by atoms with E-state index in [1.165, 1.54) is 0 Å². The Labute approximate surface area is 187 Å². The monoisotopic (exact) mass is 528 g/mol. The number of hydrogen-bond donors (Lipinski definition) is 1. The fourth-order valence-electron chi connectivity index (χ4n) is 3.00. The quantitative estimate of drug-likeness (QED) is 0.396. The molecule has 2 rings (SSSR count). The lowest BCUT2D eigenvalue weighted by atomic mass is 9.89. The van der Waals surface area contributed by atoms with E-state index >= 15 is 0 Å². The van der Waals surface area contributed by atoms with Gasteiger partial charge in [0.2, 0.25) is 0 Å². The predicted molar refractivity (Wildman–Crippen MR) is 94.5 cm³/mol. The van der Waals surface area contributed by atoms with E-state index in [1.807, 2.05) is 0 Å².